The van der Waals surface area contributed by atoms with Crippen LogP contribution in [0.15, 0.2) is 16.8 Å². The van der Waals surface area contributed by atoms with Crippen LogP contribution in [-0.4, -0.2) is 66.5 Å². The van der Waals surface area contributed by atoms with Gasteiger partial charge in [0.05, 0.1) is 6.61 Å². The molecular weight excluding hydrogens is 250 g/mol. The van der Waals surface area contributed by atoms with Gasteiger partial charge in [0, 0.05) is 51.2 Å². The first-order valence-electron chi connectivity index (χ1n) is 7.84. The van der Waals surface area contributed by atoms with Gasteiger partial charge >= 0.3 is 0 Å². The van der Waals surface area contributed by atoms with Gasteiger partial charge in [0.1, 0.15) is 0 Å². The van der Waals surface area contributed by atoms with Gasteiger partial charge in [0.2, 0.25) is 0 Å². The van der Waals surface area contributed by atoms with E-state index in [2.05, 4.69) is 42.5 Å². The monoisotopic (exact) mass is 281 g/mol. The van der Waals surface area contributed by atoms with E-state index in [1.54, 1.807) is 0 Å². The van der Waals surface area contributed by atoms with Crippen molar-refractivity contribution in [3.63, 3.8) is 0 Å². The second kappa shape index (κ2) is 9.27. The summed E-state index contributed by atoms with van der Waals surface area (Å²) in [5.74, 6) is 0.533. The number of aliphatic hydroxyl groups excluding tert-OH is 1. The van der Waals surface area contributed by atoms with E-state index in [1.807, 2.05) is 6.20 Å². The van der Waals surface area contributed by atoms with Crippen molar-refractivity contribution in [2.24, 2.45) is 10.9 Å². The molecule has 0 aromatic carbocycles. The maximum absolute atomic E-state index is 8.94. The average molecular weight is 281 g/mol. The molecule has 0 aromatic rings. The lowest BCUT2D eigenvalue weighted by molar-refractivity contribution is 0.118. The van der Waals surface area contributed by atoms with Gasteiger partial charge in [-0.15, -0.1) is 0 Å². The Labute approximate surface area is 124 Å². The Hall–Kier alpha value is -0.710. The zero-order chi connectivity index (χ0) is 15.0. The highest BCUT2D eigenvalue weighted by Gasteiger charge is 2.15. The second-order valence-electron chi connectivity index (χ2n) is 5.95. The van der Waals surface area contributed by atoms with Gasteiger partial charge in [-0.2, -0.15) is 0 Å². The molecular formula is C16H31N3O. The lowest BCUT2D eigenvalue weighted by atomic mass is 10.1. The Morgan fingerprint density at radius 3 is 2.30 bits per heavy atom. The average Bonchev–Trinajstić information content (AvgIpc) is 2.41. The molecule has 0 saturated carbocycles. The third-order valence-corrected chi connectivity index (χ3v) is 3.83. The van der Waals surface area contributed by atoms with Crippen LogP contribution in [0.2, 0.25) is 0 Å². The van der Waals surface area contributed by atoms with Crippen LogP contribution in [0, 0.1) is 5.92 Å². The van der Waals surface area contributed by atoms with E-state index < -0.39 is 0 Å². The molecule has 0 unspecified atom stereocenters. The van der Waals surface area contributed by atoms with Crippen LogP contribution >= 0.6 is 0 Å². The van der Waals surface area contributed by atoms with Crippen molar-refractivity contribution in [3.8, 4) is 0 Å². The molecule has 0 amide bonds. The Morgan fingerprint density at radius 1 is 1.20 bits per heavy atom. The molecule has 1 fully saturated rings. The lowest BCUT2D eigenvalue weighted by Gasteiger charge is -2.34. The maximum Gasteiger partial charge on any atom is 0.0558 e. The van der Waals surface area contributed by atoms with Crippen molar-refractivity contribution in [2.75, 3.05) is 45.9 Å². The zero-order valence-corrected chi connectivity index (χ0v) is 13.6. The molecule has 0 bridgehead atoms. The van der Waals surface area contributed by atoms with E-state index >= 15 is 0 Å². The summed E-state index contributed by atoms with van der Waals surface area (Å²) in [4.78, 5) is 9.43. The molecule has 20 heavy (non-hydrogen) atoms. The number of hydrogen-bond donors (Lipinski definition) is 1. The van der Waals surface area contributed by atoms with E-state index in [-0.39, 0.29) is 6.61 Å². The molecule has 1 aliphatic heterocycles. The van der Waals surface area contributed by atoms with Crippen molar-refractivity contribution in [2.45, 2.75) is 34.1 Å². The van der Waals surface area contributed by atoms with E-state index in [0.717, 1.165) is 45.7 Å². The number of aliphatic hydroxyl groups is 1. The molecule has 0 aliphatic carbocycles. The Bertz CT molecular complexity index is 329. The minimum atomic E-state index is 0.267. The highest BCUT2D eigenvalue weighted by atomic mass is 16.3. The standard InChI is InChI=1S/C16H31N3O/c1-5-16(14(2)3)17-12-15(4)13-19-8-6-18(7-9-19)10-11-20/h12,14,20H,5-11,13H2,1-4H3/b15-12+,17-16?. The zero-order valence-electron chi connectivity index (χ0n) is 13.6. The minimum Gasteiger partial charge on any atom is -0.395 e. The van der Waals surface area contributed by atoms with Crippen molar-refractivity contribution in [3.05, 3.63) is 11.8 Å². The van der Waals surface area contributed by atoms with Crippen LogP contribution < -0.4 is 0 Å². The lowest BCUT2D eigenvalue weighted by Crippen LogP contribution is -2.47. The number of rotatable bonds is 7. The first kappa shape index (κ1) is 17.3. The highest BCUT2D eigenvalue weighted by Crippen LogP contribution is 2.07. The normalized spacial score (nSPS) is 19.9. The fourth-order valence-electron chi connectivity index (χ4n) is 2.55. The van der Waals surface area contributed by atoms with Crippen LogP contribution in [0.3, 0.4) is 0 Å². The summed E-state index contributed by atoms with van der Waals surface area (Å²) in [6, 6.07) is 0. The van der Waals surface area contributed by atoms with Crippen LogP contribution in [0.5, 0.6) is 0 Å². The first-order chi connectivity index (χ1) is 9.56. The number of piperazine rings is 1. The quantitative estimate of drug-likeness (QED) is 0.726. The molecule has 1 aliphatic rings. The number of β-amino-alcohol motifs (C(OH)–C–C–N with tert-alkyl or cyclic N) is 1. The van der Waals surface area contributed by atoms with Gasteiger partial charge in [-0.25, -0.2) is 0 Å². The molecule has 0 radical (unpaired) electrons. The van der Waals surface area contributed by atoms with E-state index in [4.69, 9.17) is 5.11 Å². The van der Waals surface area contributed by atoms with Gasteiger partial charge in [0.25, 0.3) is 0 Å². The molecule has 1 N–H and O–H groups in total. The predicted molar refractivity (Wildman–Crippen MR) is 86.3 cm³/mol. The fourth-order valence-corrected chi connectivity index (χ4v) is 2.55. The smallest absolute Gasteiger partial charge is 0.0558 e. The number of hydrogen-bond acceptors (Lipinski definition) is 4. The summed E-state index contributed by atoms with van der Waals surface area (Å²) < 4.78 is 0. The molecule has 4 nitrogen and oxygen atoms in total. The third-order valence-electron chi connectivity index (χ3n) is 3.83. The van der Waals surface area contributed by atoms with Crippen LogP contribution in [0.25, 0.3) is 0 Å². The summed E-state index contributed by atoms with van der Waals surface area (Å²) in [6.07, 6.45) is 3.07. The van der Waals surface area contributed by atoms with E-state index in [0.29, 0.717) is 5.92 Å². The Balaban J connectivity index is 2.41. The van der Waals surface area contributed by atoms with Crippen molar-refractivity contribution >= 4 is 5.71 Å². The van der Waals surface area contributed by atoms with Crippen molar-refractivity contribution in [1.82, 2.24) is 9.80 Å². The van der Waals surface area contributed by atoms with E-state index in [9.17, 15) is 0 Å². The number of nitrogens with zero attached hydrogens (tertiary/aromatic N) is 3. The van der Waals surface area contributed by atoms with Gasteiger partial charge < -0.3 is 5.11 Å². The van der Waals surface area contributed by atoms with Crippen molar-refractivity contribution < 1.29 is 5.11 Å². The Kier molecular flexibility index (Phi) is 8.04. The summed E-state index contributed by atoms with van der Waals surface area (Å²) >= 11 is 0. The van der Waals surface area contributed by atoms with Gasteiger partial charge in [0.15, 0.2) is 0 Å². The first-order valence-corrected chi connectivity index (χ1v) is 7.84. The Morgan fingerprint density at radius 2 is 1.80 bits per heavy atom. The van der Waals surface area contributed by atoms with E-state index in [1.165, 1.54) is 11.3 Å². The molecule has 1 saturated heterocycles. The second-order valence-corrected chi connectivity index (χ2v) is 5.95. The summed E-state index contributed by atoms with van der Waals surface area (Å²) in [5, 5.41) is 8.94. The molecule has 0 aromatic heterocycles. The molecule has 1 rings (SSSR count). The summed E-state index contributed by atoms with van der Waals surface area (Å²) in [7, 11) is 0. The predicted octanol–water partition coefficient (Wildman–Crippen LogP) is 2.01. The minimum absolute atomic E-state index is 0.267. The fraction of sp³-hybridized carbons (Fsp3) is 0.812. The third kappa shape index (κ3) is 6.16. The van der Waals surface area contributed by atoms with Gasteiger partial charge in [-0.05, 0) is 24.8 Å². The molecule has 0 atom stereocenters. The van der Waals surface area contributed by atoms with Gasteiger partial charge in [-0.3, -0.25) is 14.8 Å². The number of aliphatic imine (C=N–C) groups is 1. The largest absolute Gasteiger partial charge is 0.395 e. The molecule has 1 heterocycles. The highest BCUT2D eigenvalue weighted by molar-refractivity contribution is 5.86. The molecule has 116 valence electrons. The van der Waals surface area contributed by atoms with Crippen LogP contribution in [0.4, 0.5) is 0 Å². The molecule has 4 heteroatoms. The van der Waals surface area contributed by atoms with Crippen LogP contribution in [-0.2, 0) is 0 Å². The maximum atomic E-state index is 8.94. The van der Waals surface area contributed by atoms with Gasteiger partial charge in [-0.1, -0.05) is 20.8 Å². The SMILES string of the molecule is CCC(=N/C=C(\C)CN1CCN(CCO)CC1)C(C)C. The molecule has 0 spiro atoms. The summed E-state index contributed by atoms with van der Waals surface area (Å²) in [6.45, 7) is 15.1. The topological polar surface area (TPSA) is 39.1 Å². The van der Waals surface area contributed by atoms with Crippen LogP contribution in [0.1, 0.15) is 34.1 Å². The van der Waals surface area contributed by atoms with Crippen molar-refractivity contribution in [1.29, 1.82) is 0 Å². The summed E-state index contributed by atoms with van der Waals surface area (Å²) in [5.41, 5.74) is 2.60.